The lowest BCUT2D eigenvalue weighted by Gasteiger charge is -2.16. The fourth-order valence-corrected chi connectivity index (χ4v) is 3.49. The molecule has 2 heterocycles. The molecule has 0 atom stereocenters. The van der Waals surface area contributed by atoms with Gasteiger partial charge >= 0.3 is 5.69 Å². The molecule has 1 saturated heterocycles. The number of nitrogens with one attached hydrogen (secondary N) is 1. The van der Waals surface area contributed by atoms with Crippen molar-refractivity contribution in [2.45, 2.75) is 0 Å². The second-order valence-corrected chi connectivity index (χ2v) is 7.06. The number of hydrogen-bond acceptors (Lipinski definition) is 8. The number of anilines is 1. The molecule has 0 unspecified atom stereocenters. The standard InChI is InChI=1S/C15H11N5O5S2/c1-17-6-2-3-9(17)8-13-14(21)18(15(26)27-13)16-11-5-4-10(19(22)23)7-12(11)20(24)25/h2-8,16H,1H3/b13-8+. The number of nitrogens with zero attached hydrogens (tertiary/aromatic N) is 4. The maximum Gasteiger partial charge on any atom is 0.300 e. The molecule has 1 aliphatic heterocycles. The van der Waals surface area contributed by atoms with Crippen LogP contribution in [0.3, 0.4) is 0 Å². The second-order valence-electron chi connectivity index (χ2n) is 5.39. The molecule has 1 aliphatic rings. The van der Waals surface area contributed by atoms with Crippen molar-refractivity contribution in [3.05, 3.63) is 67.4 Å². The summed E-state index contributed by atoms with van der Waals surface area (Å²) < 4.78 is 1.98. The molecule has 3 rings (SSSR count). The third-order valence-corrected chi connectivity index (χ3v) is 4.98. The zero-order chi connectivity index (χ0) is 19.7. The summed E-state index contributed by atoms with van der Waals surface area (Å²) in [6.45, 7) is 0. The molecular formula is C15H11N5O5S2. The maximum absolute atomic E-state index is 12.6. The first-order valence-electron chi connectivity index (χ1n) is 7.36. The number of hydrazine groups is 1. The van der Waals surface area contributed by atoms with Crippen LogP contribution in [0.5, 0.6) is 0 Å². The van der Waals surface area contributed by atoms with Gasteiger partial charge in [0.05, 0.1) is 20.8 Å². The van der Waals surface area contributed by atoms with Gasteiger partial charge in [0.25, 0.3) is 11.6 Å². The van der Waals surface area contributed by atoms with Crippen LogP contribution in [-0.2, 0) is 11.8 Å². The SMILES string of the molecule is Cn1cccc1/C=C1/SC(=S)N(Nc2ccc([N+](=O)[O-])cc2[N+](=O)[O-])C1=O. The predicted molar refractivity (Wildman–Crippen MR) is 104 cm³/mol. The van der Waals surface area contributed by atoms with E-state index in [1.807, 2.05) is 29.9 Å². The number of aromatic nitrogens is 1. The maximum atomic E-state index is 12.6. The van der Waals surface area contributed by atoms with Crippen LogP contribution in [0.1, 0.15) is 5.69 Å². The van der Waals surface area contributed by atoms with Crippen molar-refractivity contribution in [3.63, 3.8) is 0 Å². The molecule has 0 aliphatic carbocycles. The zero-order valence-corrected chi connectivity index (χ0v) is 15.3. The first kappa shape index (κ1) is 18.5. The summed E-state index contributed by atoms with van der Waals surface area (Å²) in [7, 11) is 1.82. The molecular weight excluding hydrogens is 394 g/mol. The molecule has 1 amide bonds. The lowest BCUT2D eigenvalue weighted by atomic mass is 10.2. The van der Waals surface area contributed by atoms with Crippen LogP contribution in [0, 0.1) is 20.2 Å². The third kappa shape index (κ3) is 3.66. The van der Waals surface area contributed by atoms with E-state index in [9.17, 15) is 25.0 Å². The summed E-state index contributed by atoms with van der Waals surface area (Å²) in [5.74, 6) is -0.473. The quantitative estimate of drug-likeness (QED) is 0.348. The Morgan fingerprint density at radius 1 is 1.22 bits per heavy atom. The Hall–Kier alpha value is -3.25. The molecule has 138 valence electrons. The van der Waals surface area contributed by atoms with E-state index >= 15 is 0 Å². The highest BCUT2D eigenvalue weighted by Crippen LogP contribution is 2.35. The Morgan fingerprint density at radius 3 is 2.56 bits per heavy atom. The summed E-state index contributed by atoms with van der Waals surface area (Å²) in [6.07, 6.45) is 3.48. The van der Waals surface area contributed by atoms with E-state index in [2.05, 4.69) is 5.43 Å². The lowest BCUT2D eigenvalue weighted by molar-refractivity contribution is -0.393. The van der Waals surface area contributed by atoms with Crippen molar-refractivity contribution in [1.29, 1.82) is 0 Å². The molecule has 2 aromatic rings. The number of thioether (sulfide) groups is 1. The first-order chi connectivity index (χ1) is 12.8. The number of carbonyl (C=O) groups is 1. The van der Waals surface area contributed by atoms with Gasteiger partial charge in [0.1, 0.15) is 5.69 Å². The Balaban J connectivity index is 1.90. The molecule has 1 aromatic heterocycles. The van der Waals surface area contributed by atoms with Crippen molar-refractivity contribution < 1.29 is 14.6 Å². The number of thiocarbonyl (C=S) groups is 1. The first-order valence-corrected chi connectivity index (χ1v) is 8.59. The summed E-state index contributed by atoms with van der Waals surface area (Å²) >= 11 is 6.22. The van der Waals surface area contributed by atoms with Crippen molar-refractivity contribution in [1.82, 2.24) is 9.58 Å². The monoisotopic (exact) mass is 405 g/mol. The van der Waals surface area contributed by atoms with Gasteiger partial charge in [-0.05, 0) is 36.5 Å². The highest BCUT2D eigenvalue weighted by atomic mass is 32.2. The molecule has 1 N–H and O–H groups in total. The number of amides is 1. The molecule has 12 heteroatoms. The number of aryl methyl sites for hydroxylation is 1. The lowest BCUT2D eigenvalue weighted by Crippen LogP contribution is -2.34. The Bertz CT molecular complexity index is 1020. The van der Waals surface area contributed by atoms with Crippen LogP contribution in [0.15, 0.2) is 41.4 Å². The van der Waals surface area contributed by atoms with Gasteiger partial charge in [-0.15, -0.1) is 0 Å². The van der Waals surface area contributed by atoms with Crippen LogP contribution < -0.4 is 5.43 Å². The van der Waals surface area contributed by atoms with E-state index in [0.717, 1.165) is 40.7 Å². The third-order valence-electron chi connectivity index (χ3n) is 3.68. The van der Waals surface area contributed by atoms with Crippen molar-refractivity contribution in [2.75, 3.05) is 5.43 Å². The molecule has 1 fully saturated rings. The van der Waals surface area contributed by atoms with Gasteiger partial charge in [-0.2, -0.15) is 0 Å². The van der Waals surface area contributed by atoms with Crippen LogP contribution >= 0.6 is 24.0 Å². The number of hydrogen-bond donors (Lipinski definition) is 1. The number of nitro benzene ring substituents is 2. The molecule has 0 spiro atoms. The minimum absolute atomic E-state index is 0.0815. The van der Waals surface area contributed by atoms with E-state index < -0.39 is 27.1 Å². The number of benzene rings is 1. The van der Waals surface area contributed by atoms with Gasteiger partial charge in [0, 0.05) is 25.0 Å². The van der Waals surface area contributed by atoms with Crippen molar-refractivity contribution in [2.24, 2.45) is 7.05 Å². The summed E-state index contributed by atoms with van der Waals surface area (Å²) in [6, 6.07) is 6.73. The van der Waals surface area contributed by atoms with Crippen LogP contribution in [0.2, 0.25) is 0 Å². The van der Waals surface area contributed by atoms with E-state index in [1.165, 1.54) is 0 Å². The van der Waals surface area contributed by atoms with Gasteiger partial charge < -0.3 is 4.57 Å². The van der Waals surface area contributed by atoms with Crippen molar-refractivity contribution in [3.8, 4) is 0 Å². The van der Waals surface area contributed by atoms with Gasteiger partial charge in [-0.1, -0.05) is 11.8 Å². The van der Waals surface area contributed by atoms with Gasteiger partial charge in [0.15, 0.2) is 4.32 Å². The smallest absolute Gasteiger partial charge is 0.300 e. The summed E-state index contributed by atoms with van der Waals surface area (Å²) in [5.41, 5.74) is 2.33. The van der Waals surface area contributed by atoms with Crippen LogP contribution in [0.4, 0.5) is 17.1 Å². The molecule has 1 aromatic carbocycles. The summed E-state index contributed by atoms with van der Waals surface area (Å²) in [4.78, 5) is 33.5. The average Bonchev–Trinajstić information content (AvgIpc) is 3.13. The molecule has 0 saturated carbocycles. The normalized spacial score (nSPS) is 15.4. The van der Waals surface area contributed by atoms with Crippen LogP contribution in [-0.4, -0.2) is 29.7 Å². The molecule has 27 heavy (non-hydrogen) atoms. The van der Waals surface area contributed by atoms with E-state index in [1.54, 1.807) is 6.08 Å². The van der Waals surface area contributed by atoms with E-state index in [4.69, 9.17) is 12.2 Å². The number of non-ortho nitro benzene ring substituents is 1. The highest BCUT2D eigenvalue weighted by Gasteiger charge is 2.34. The minimum Gasteiger partial charge on any atom is -0.351 e. The van der Waals surface area contributed by atoms with Gasteiger partial charge in [0.2, 0.25) is 0 Å². The number of nitro groups is 2. The largest absolute Gasteiger partial charge is 0.351 e. The zero-order valence-electron chi connectivity index (χ0n) is 13.7. The average molecular weight is 405 g/mol. The Labute approximate surface area is 161 Å². The fraction of sp³-hybridized carbons (Fsp3) is 0.0667. The van der Waals surface area contributed by atoms with Gasteiger partial charge in [-0.3, -0.25) is 30.4 Å². The minimum atomic E-state index is -0.771. The highest BCUT2D eigenvalue weighted by molar-refractivity contribution is 8.26. The van der Waals surface area contributed by atoms with Crippen molar-refractivity contribution >= 4 is 57.3 Å². The second kappa shape index (κ2) is 7.17. The fourth-order valence-electron chi connectivity index (χ4n) is 2.32. The van der Waals surface area contributed by atoms with E-state index in [0.29, 0.717) is 4.91 Å². The Kier molecular flexibility index (Phi) is 4.92. The number of rotatable bonds is 5. The molecule has 0 radical (unpaired) electrons. The number of carbonyl (C=O) groups excluding carboxylic acids is 1. The topological polar surface area (TPSA) is 124 Å². The molecule has 0 bridgehead atoms. The predicted octanol–water partition coefficient (Wildman–Crippen LogP) is 3.07. The summed E-state index contributed by atoms with van der Waals surface area (Å²) in [5, 5.41) is 23.1. The van der Waals surface area contributed by atoms with Gasteiger partial charge in [-0.25, -0.2) is 5.01 Å². The van der Waals surface area contributed by atoms with Crippen LogP contribution in [0.25, 0.3) is 6.08 Å². The molecule has 10 nitrogen and oxygen atoms in total. The van der Waals surface area contributed by atoms with E-state index in [-0.39, 0.29) is 10.0 Å². The Morgan fingerprint density at radius 2 is 1.96 bits per heavy atom.